The van der Waals surface area contributed by atoms with Crippen LogP contribution in [0.4, 0.5) is 0 Å². The van der Waals surface area contributed by atoms with Gasteiger partial charge in [-0.3, -0.25) is 9.78 Å². The van der Waals surface area contributed by atoms with E-state index >= 15 is 0 Å². The second-order valence-corrected chi connectivity index (χ2v) is 6.98. The average molecular weight is 389 g/mol. The molecule has 1 N–H and O–H groups in total. The molecular weight excluding hydrogens is 370 g/mol. The van der Waals surface area contributed by atoms with E-state index in [0.717, 1.165) is 28.0 Å². The van der Waals surface area contributed by atoms with E-state index in [1.54, 1.807) is 13.2 Å². The third kappa shape index (κ3) is 2.52. The Morgan fingerprint density at radius 3 is 2.79 bits per heavy atom. The summed E-state index contributed by atoms with van der Waals surface area (Å²) in [5.74, 6) is 1.46. The molecule has 8 nitrogen and oxygen atoms in total. The summed E-state index contributed by atoms with van der Waals surface area (Å²) >= 11 is 0. The standard InChI is InChI=1S/C21H19N5O3/c1-11-17(12(2)29-25-11)13-7-8-15-18-19(13)28-10-16(14-6-4-5-9-23-14)26(18)20(24-15)21(27)22-3/h4-9,16H,10H2,1-3H3,(H,22,27)/t16-/m1/s1. The van der Waals surface area contributed by atoms with E-state index in [9.17, 15) is 4.79 Å². The summed E-state index contributed by atoms with van der Waals surface area (Å²) in [4.78, 5) is 21.7. The fraction of sp³-hybridized carbons (Fsp3) is 0.238. The number of ether oxygens (including phenoxy) is 1. The van der Waals surface area contributed by atoms with Gasteiger partial charge in [-0.1, -0.05) is 11.2 Å². The maximum atomic E-state index is 12.6. The molecule has 0 saturated heterocycles. The minimum Gasteiger partial charge on any atom is -0.488 e. The zero-order valence-corrected chi connectivity index (χ0v) is 16.3. The molecule has 1 atom stereocenters. The summed E-state index contributed by atoms with van der Waals surface area (Å²) in [7, 11) is 1.60. The predicted octanol–water partition coefficient (Wildman–Crippen LogP) is 3.04. The SMILES string of the molecule is CNC(=O)c1nc2ccc(-c3c(C)noc3C)c3c2n1[C@@H](c1ccccn1)CO3. The fourth-order valence-electron chi connectivity index (χ4n) is 3.97. The Labute approximate surface area is 166 Å². The van der Waals surface area contributed by atoms with Crippen LogP contribution in [-0.2, 0) is 0 Å². The molecule has 4 aromatic rings. The largest absolute Gasteiger partial charge is 0.488 e. The van der Waals surface area contributed by atoms with Crippen LogP contribution in [0.3, 0.4) is 0 Å². The molecule has 1 aliphatic heterocycles. The summed E-state index contributed by atoms with van der Waals surface area (Å²) in [5.41, 5.74) is 4.82. The molecule has 0 aliphatic carbocycles. The Bertz CT molecular complexity index is 1220. The molecule has 0 spiro atoms. The van der Waals surface area contributed by atoms with E-state index in [1.807, 2.05) is 48.7 Å². The van der Waals surface area contributed by atoms with Gasteiger partial charge in [0.1, 0.15) is 23.9 Å². The van der Waals surface area contributed by atoms with Gasteiger partial charge in [0, 0.05) is 18.8 Å². The summed E-state index contributed by atoms with van der Waals surface area (Å²) in [5, 5.41) is 6.76. The van der Waals surface area contributed by atoms with Crippen molar-refractivity contribution in [3.8, 4) is 16.9 Å². The van der Waals surface area contributed by atoms with E-state index in [-0.39, 0.29) is 11.9 Å². The Balaban J connectivity index is 1.83. The van der Waals surface area contributed by atoms with Crippen molar-refractivity contribution < 1.29 is 14.1 Å². The van der Waals surface area contributed by atoms with Crippen LogP contribution in [0.25, 0.3) is 22.2 Å². The highest BCUT2D eigenvalue weighted by molar-refractivity contribution is 5.99. The molecule has 0 unspecified atom stereocenters. The molecule has 1 amide bonds. The molecule has 0 saturated carbocycles. The van der Waals surface area contributed by atoms with Crippen molar-refractivity contribution in [3.63, 3.8) is 0 Å². The molecule has 0 bridgehead atoms. The third-order valence-electron chi connectivity index (χ3n) is 5.26. The summed E-state index contributed by atoms with van der Waals surface area (Å²) in [6.07, 6.45) is 1.73. The van der Waals surface area contributed by atoms with E-state index in [1.165, 1.54) is 0 Å². The number of aromatic nitrogens is 4. The minimum absolute atomic E-state index is 0.256. The summed E-state index contributed by atoms with van der Waals surface area (Å²) in [6, 6.07) is 9.28. The van der Waals surface area contributed by atoms with E-state index in [0.29, 0.717) is 29.5 Å². The molecule has 1 aromatic carbocycles. The topological polar surface area (TPSA) is 95.1 Å². The van der Waals surface area contributed by atoms with Gasteiger partial charge in [-0.15, -0.1) is 0 Å². The predicted molar refractivity (Wildman–Crippen MR) is 106 cm³/mol. The quantitative estimate of drug-likeness (QED) is 0.579. The maximum Gasteiger partial charge on any atom is 0.287 e. The number of amides is 1. The Morgan fingerprint density at radius 1 is 1.24 bits per heavy atom. The van der Waals surface area contributed by atoms with Crippen LogP contribution < -0.4 is 10.1 Å². The van der Waals surface area contributed by atoms with Crippen molar-refractivity contribution in [3.05, 3.63) is 59.5 Å². The first kappa shape index (κ1) is 17.4. The van der Waals surface area contributed by atoms with Gasteiger partial charge < -0.3 is 19.1 Å². The van der Waals surface area contributed by atoms with Gasteiger partial charge in [-0.25, -0.2) is 4.98 Å². The molecule has 29 heavy (non-hydrogen) atoms. The molecule has 8 heteroatoms. The van der Waals surface area contributed by atoms with Crippen LogP contribution in [0, 0.1) is 13.8 Å². The minimum atomic E-state index is -0.263. The Kier molecular flexibility index (Phi) is 3.87. The number of hydrogen-bond donors (Lipinski definition) is 1. The van der Waals surface area contributed by atoms with Gasteiger partial charge in [0.2, 0.25) is 5.82 Å². The van der Waals surface area contributed by atoms with Crippen LogP contribution in [0.2, 0.25) is 0 Å². The third-order valence-corrected chi connectivity index (χ3v) is 5.26. The smallest absolute Gasteiger partial charge is 0.287 e. The van der Waals surface area contributed by atoms with Gasteiger partial charge in [0.25, 0.3) is 5.91 Å². The highest BCUT2D eigenvalue weighted by Crippen LogP contribution is 2.44. The number of pyridine rings is 1. The highest BCUT2D eigenvalue weighted by Gasteiger charge is 2.33. The molecule has 0 fully saturated rings. The van der Waals surface area contributed by atoms with Crippen LogP contribution in [0.5, 0.6) is 5.75 Å². The first-order valence-corrected chi connectivity index (χ1v) is 9.34. The molecule has 5 rings (SSSR count). The van der Waals surface area contributed by atoms with Crippen molar-refractivity contribution in [2.24, 2.45) is 0 Å². The Morgan fingerprint density at radius 2 is 2.10 bits per heavy atom. The van der Waals surface area contributed by atoms with Crippen LogP contribution in [0.15, 0.2) is 41.1 Å². The molecule has 1 aliphatic rings. The number of carbonyl (C=O) groups is 1. The van der Waals surface area contributed by atoms with Gasteiger partial charge in [0.05, 0.1) is 22.5 Å². The molecule has 0 radical (unpaired) electrons. The number of nitrogens with zero attached hydrogens (tertiary/aromatic N) is 4. The van der Waals surface area contributed by atoms with E-state index in [2.05, 4.69) is 20.4 Å². The zero-order chi connectivity index (χ0) is 20.1. The van der Waals surface area contributed by atoms with Crippen LogP contribution >= 0.6 is 0 Å². The lowest BCUT2D eigenvalue weighted by molar-refractivity contribution is 0.0945. The van der Waals surface area contributed by atoms with Crippen molar-refractivity contribution in [2.75, 3.05) is 13.7 Å². The number of imidazole rings is 1. The first-order valence-electron chi connectivity index (χ1n) is 9.34. The van der Waals surface area contributed by atoms with Crippen molar-refractivity contribution in [1.29, 1.82) is 0 Å². The van der Waals surface area contributed by atoms with Crippen molar-refractivity contribution >= 4 is 16.9 Å². The number of hydrogen-bond acceptors (Lipinski definition) is 6. The number of carbonyl (C=O) groups excluding carboxylic acids is 1. The summed E-state index contributed by atoms with van der Waals surface area (Å²) < 4.78 is 13.5. The monoisotopic (exact) mass is 389 g/mol. The molecule has 4 heterocycles. The molecular formula is C21H19N5O3. The first-order chi connectivity index (χ1) is 14.1. The van der Waals surface area contributed by atoms with Crippen molar-refractivity contribution in [2.45, 2.75) is 19.9 Å². The van der Waals surface area contributed by atoms with Crippen LogP contribution in [-0.4, -0.2) is 39.3 Å². The number of aryl methyl sites for hydroxylation is 2. The van der Waals surface area contributed by atoms with Gasteiger partial charge in [0.15, 0.2) is 5.75 Å². The fourth-order valence-corrected chi connectivity index (χ4v) is 3.97. The number of nitrogens with one attached hydrogen (secondary N) is 1. The highest BCUT2D eigenvalue weighted by atomic mass is 16.5. The maximum absolute atomic E-state index is 12.6. The van der Waals surface area contributed by atoms with E-state index in [4.69, 9.17) is 9.26 Å². The molecule has 3 aromatic heterocycles. The average Bonchev–Trinajstić information content (AvgIpc) is 3.30. The number of rotatable bonds is 3. The lowest BCUT2D eigenvalue weighted by Crippen LogP contribution is -2.30. The lowest BCUT2D eigenvalue weighted by atomic mass is 10.0. The zero-order valence-electron chi connectivity index (χ0n) is 16.3. The molecule has 146 valence electrons. The van der Waals surface area contributed by atoms with Crippen LogP contribution in [0.1, 0.15) is 33.8 Å². The second-order valence-electron chi connectivity index (χ2n) is 6.98. The van der Waals surface area contributed by atoms with Gasteiger partial charge in [-0.2, -0.15) is 0 Å². The number of benzene rings is 1. The lowest BCUT2D eigenvalue weighted by Gasteiger charge is -2.28. The summed E-state index contributed by atoms with van der Waals surface area (Å²) in [6.45, 7) is 4.11. The second kappa shape index (κ2) is 6.44. The Hall–Kier alpha value is -3.68. The van der Waals surface area contributed by atoms with E-state index < -0.39 is 0 Å². The van der Waals surface area contributed by atoms with Gasteiger partial charge in [-0.05, 0) is 38.1 Å². The normalized spacial score (nSPS) is 15.3. The van der Waals surface area contributed by atoms with Crippen molar-refractivity contribution in [1.82, 2.24) is 25.0 Å². The van der Waals surface area contributed by atoms with Gasteiger partial charge >= 0.3 is 0 Å².